The van der Waals surface area contributed by atoms with Crippen molar-refractivity contribution < 1.29 is 4.52 Å². The van der Waals surface area contributed by atoms with Crippen LogP contribution in [0.15, 0.2) is 97.5 Å². The molecule has 0 fully saturated rings. The van der Waals surface area contributed by atoms with Crippen molar-refractivity contribution in [1.29, 1.82) is 0 Å². The summed E-state index contributed by atoms with van der Waals surface area (Å²) >= 11 is 0. The molecule has 0 amide bonds. The van der Waals surface area contributed by atoms with E-state index in [0.717, 1.165) is 33.2 Å². The maximum atomic E-state index is 5.83. The van der Waals surface area contributed by atoms with Crippen LogP contribution in [-0.2, 0) is 10.7 Å². The summed E-state index contributed by atoms with van der Waals surface area (Å²) in [5, 5.41) is 4.44. The van der Waals surface area contributed by atoms with E-state index in [1.807, 2.05) is 36.4 Å². The number of fused-ring (bicyclic) bond motifs is 3. The molecule has 1 unspecified atom stereocenters. The van der Waals surface area contributed by atoms with Gasteiger partial charge in [0, 0.05) is 16.0 Å². The maximum Gasteiger partial charge on any atom is 0.182 e. The molecule has 0 saturated carbocycles. The predicted molar refractivity (Wildman–Crippen MR) is 105 cm³/mol. The summed E-state index contributed by atoms with van der Waals surface area (Å²) in [6.07, 6.45) is 0. The van der Waals surface area contributed by atoms with Crippen LogP contribution in [0.5, 0.6) is 0 Å². The van der Waals surface area contributed by atoms with Gasteiger partial charge >= 0.3 is 0 Å². The van der Waals surface area contributed by atoms with E-state index in [0.29, 0.717) is 0 Å². The fourth-order valence-electron chi connectivity index (χ4n) is 3.14. The zero-order chi connectivity index (χ0) is 17.5. The average molecular weight is 356 g/mol. The molecule has 0 spiro atoms. The third-order valence-corrected chi connectivity index (χ3v) is 6.34. The van der Waals surface area contributed by atoms with Crippen molar-refractivity contribution in [1.82, 2.24) is 5.16 Å². The standard InChI is InChI=1S/C22H16N2OS/c1-15-11-13-17(14-12-15)26-22-20(18-9-5-6-10-19(18)24-26)23-25-21(22)16-7-3-2-4-8-16/h2-14H,1H3. The van der Waals surface area contributed by atoms with E-state index in [9.17, 15) is 0 Å². The molecule has 2 heterocycles. The lowest BCUT2D eigenvalue weighted by Crippen LogP contribution is -2.00. The van der Waals surface area contributed by atoms with Crippen molar-refractivity contribution in [3.05, 3.63) is 84.4 Å². The lowest BCUT2D eigenvalue weighted by Gasteiger charge is -2.16. The van der Waals surface area contributed by atoms with Gasteiger partial charge in [-0.3, -0.25) is 0 Å². The molecule has 5 rings (SSSR count). The van der Waals surface area contributed by atoms with Gasteiger partial charge in [-0.1, -0.05) is 71.4 Å². The quantitative estimate of drug-likeness (QED) is 0.379. The highest BCUT2D eigenvalue weighted by Crippen LogP contribution is 2.45. The van der Waals surface area contributed by atoms with Crippen LogP contribution in [-0.4, -0.2) is 5.16 Å². The van der Waals surface area contributed by atoms with Crippen LogP contribution in [0.25, 0.3) is 22.6 Å². The van der Waals surface area contributed by atoms with Gasteiger partial charge < -0.3 is 4.52 Å². The molecule has 3 aromatic carbocycles. The zero-order valence-electron chi connectivity index (χ0n) is 14.2. The Morgan fingerprint density at radius 3 is 2.35 bits per heavy atom. The highest BCUT2D eigenvalue weighted by molar-refractivity contribution is 7.88. The second-order valence-corrected chi connectivity index (χ2v) is 7.89. The maximum absolute atomic E-state index is 5.83. The van der Waals surface area contributed by atoms with E-state index in [4.69, 9.17) is 8.89 Å². The highest BCUT2D eigenvalue weighted by Gasteiger charge is 2.28. The van der Waals surface area contributed by atoms with Crippen molar-refractivity contribution in [2.24, 2.45) is 4.36 Å². The topological polar surface area (TPSA) is 38.4 Å². The molecule has 0 aliphatic carbocycles. The molecular weight excluding hydrogens is 340 g/mol. The number of nitrogens with zero attached hydrogens (tertiary/aromatic N) is 2. The van der Waals surface area contributed by atoms with Crippen molar-refractivity contribution in [2.75, 3.05) is 0 Å². The number of benzene rings is 3. The number of aromatic nitrogens is 1. The Morgan fingerprint density at radius 1 is 0.808 bits per heavy atom. The highest BCUT2D eigenvalue weighted by atomic mass is 32.2. The first-order valence-corrected chi connectivity index (χ1v) is 9.67. The molecule has 0 N–H and O–H groups in total. The van der Waals surface area contributed by atoms with Crippen molar-refractivity contribution in [3.63, 3.8) is 0 Å². The Bertz CT molecular complexity index is 1120. The molecular formula is C22H16N2OS. The Hall–Kier alpha value is -2.98. The van der Waals surface area contributed by atoms with E-state index in [1.165, 1.54) is 10.5 Å². The third-order valence-electron chi connectivity index (χ3n) is 4.47. The lowest BCUT2D eigenvalue weighted by molar-refractivity contribution is 0.433. The Morgan fingerprint density at radius 2 is 1.54 bits per heavy atom. The molecule has 0 radical (unpaired) electrons. The Labute approximate surface area is 154 Å². The van der Waals surface area contributed by atoms with E-state index < -0.39 is 10.7 Å². The molecule has 0 saturated heterocycles. The molecule has 26 heavy (non-hydrogen) atoms. The van der Waals surface area contributed by atoms with Gasteiger partial charge in [0.15, 0.2) is 5.76 Å². The first-order valence-electron chi connectivity index (χ1n) is 8.48. The molecule has 126 valence electrons. The summed E-state index contributed by atoms with van der Waals surface area (Å²) < 4.78 is 10.9. The molecule has 1 aliphatic heterocycles. The van der Waals surface area contributed by atoms with E-state index in [2.05, 4.69) is 54.5 Å². The molecule has 3 nitrogen and oxygen atoms in total. The van der Waals surface area contributed by atoms with Gasteiger partial charge in [0.25, 0.3) is 0 Å². The van der Waals surface area contributed by atoms with Gasteiger partial charge in [0.1, 0.15) is 5.69 Å². The molecule has 1 atom stereocenters. The number of hydrogen-bond acceptors (Lipinski definition) is 3. The summed E-state index contributed by atoms with van der Waals surface area (Å²) in [4.78, 5) is 2.24. The molecule has 1 aliphatic rings. The predicted octanol–water partition coefficient (Wildman–Crippen LogP) is 6.18. The minimum absolute atomic E-state index is 0.465. The van der Waals surface area contributed by atoms with Crippen LogP contribution in [0, 0.1) is 6.92 Å². The van der Waals surface area contributed by atoms with Gasteiger partial charge in [-0.15, -0.1) is 0 Å². The van der Waals surface area contributed by atoms with Gasteiger partial charge in [-0.05, 0) is 35.8 Å². The zero-order valence-corrected chi connectivity index (χ0v) is 15.0. The molecule has 4 aromatic rings. The van der Waals surface area contributed by atoms with Gasteiger partial charge in [-0.25, -0.2) is 4.36 Å². The van der Waals surface area contributed by atoms with E-state index >= 15 is 0 Å². The summed E-state index contributed by atoms with van der Waals surface area (Å²) in [6, 6.07) is 26.9. The number of aryl methyl sites for hydroxylation is 1. The van der Waals surface area contributed by atoms with Gasteiger partial charge in [0.05, 0.1) is 10.6 Å². The normalized spacial score (nSPS) is 15.0. The molecule has 4 heteroatoms. The largest absolute Gasteiger partial charge is 0.354 e. The number of hydrogen-bond donors (Lipinski definition) is 0. The Balaban J connectivity index is 1.80. The average Bonchev–Trinajstić information content (AvgIpc) is 3.14. The minimum atomic E-state index is -0.465. The van der Waals surface area contributed by atoms with Crippen LogP contribution in [0.1, 0.15) is 5.56 Å². The van der Waals surface area contributed by atoms with Crippen molar-refractivity contribution in [2.45, 2.75) is 16.7 Å². The molecule has 1 aromatic heterocycles. The third kappa shape index (κ3) is 2.42. The van der Waals surface area contributed by atoms with Crippen LogP contribution in [0.4, 0.5) is 5.69 Å². The van der Waals surface area contributed by atoms with Crippen LogP contribution in [0.2, 0.25) is 0 Å². The van der Waals surface area contributed by atoms with E-state index in [-0.39, 0.29) is 0 Å². The SMILES string of the molecule is Cc1ccc(S2=Nc3ccccc3-c3noc(-c4ccccc4)c32)cc1. The smallest absolute Gasteiger partial charge is 0.182 e. The van der Waals surface area contributed by atoms with Crippen LogP contribution in [0.3, 0.4) is 0 Å². The summed E-state index contributed by atoms with van der Waals surface area (Å²) in [5.74, 6) is 0.808. The molecule has 0 bridgehead atoms. The summed E-state index contributed by atoms with van der Waals surface area (Å²) in [5.41, 5.74) is 5.17. The van der Waals surface area contributed by atoms with Crippen molar-refractivity contribution in [3.8, 4) is 22.6 Å². The van der Waals surface area contributed by atoms with Crippen LogP contribution >= 0.6 is 0 Å². The monoisotopic (exact) mass is 356 g/mol. The van der Waals surface area contributed by atoms with Crippen molar-refractivity contribution >= 4 is 16.4 Å². The summed E-state index contributed by atoms with van der Waals surface area (Å²) in [6.45, 7) is 2.10. The first kappa shape index (κ1) is 15.3. The minimum Gasteiger partial charge on any atom is -0.354 e. The second-order valence-electron chi connectivity index (χ2n) is 6.26. The van der Waals surface area contributed by atoms with Crippen LogP contribution < -0.4 is 0 Å². The Kier molecular flexibility index (Phi) is 3.57. The van der Waals surface area contributed by atoms with Gasteiger partial charge in [0.2, 0.25) is 0 Å². The summed E-state index contributed by atoms with van der Waals surface area (Å²) in [7, 11) is -0.465. The fraction of sp³-hybridized carbons (Fsp3) is 0.0455. The fourth-order valence-corrected chi connectivity index (χ4v) is 4.98. The first-order chi connectivity index (χ1) is 12.8. The lowest BCUT2D eigenvalue weighted by atomic mass is 10.1. The number of rotatable bonds is 2. The van der Waals surface area contributed by atoms with E-state index in [1.54, 1.807) is 0 Å². The van der Waals surface area contributed by atoms with Gasteiger partial charge in [-0.2, -0.15) is 0 Å². The second kappa shape index (κ2) is 6.07.